The summed E-state index contributed by atoms with van der Waals surface area (Å²) >= 11 is 0. The van der Waals surface area contributed by atoms with Crippen LogP contribution >= 0.6 is 0 Å². The van der Waals surface area contributed by atoms with Crippen LogP contribution in [0.15, 0.2) is 28.9 Å². The Morgan fingerprint density at radius 1 is 1.45 bits per heavy atom. The molecule has 0 radical (unpaired) electrons. The second kappa shape index (κ2) is 6.35. The van der Waals surface area contributed by atoms with Gasteiger partial charge in [0, 0.05) is 17.7 Å². The summed E-state index contributed by atoms with van der Waals surface area (Å²) in [6.45, 7) is 1.41. The molecule has 1 heterocycles. The standard InChI is InChI=1S/C14H14FN3O4/c1-7-11(5-18-22-7)8-2-9(4-10(15)3-8)13(19)17-6-12(16)14(20)21/h2-5,12H,6,16H2,1H3,(H,17,19)(H,20,21)/t12-/m1/s1. The molecule has 4 N–H and O–H groups in total. The van der Waals surface area contributed by atoms with Gasteiger partial charge in [-0.25, -0.2) is 4.39 Å². The first-order valence-electron chi connectivity index (χ1n) is 6.37. The number of benzene rings is 1. The van der Waals surface area contributed by atoms with Gasteiger partial charge in [-0.3, -0.25) is 9.59 Å². The molecule has 0 spiro atoms. The van der Waals surface area contributed by atoms with E-state index in [1.165, 1.54) is 18.3 Å². The van der Waals surface area contributed by atoms with Gasteiger partial charge in [0.2, 0.25) is 0 Å². The van der Waals surface area contributed by atoms with Gasteiger partial charge in [0.1, 0.15) is 17.6 Å². The highest BCUT2D eigenvalue weighted by molar-refractivity contribution is 5.95. The van der Waals surface area contributed by atoms with Gasteiger partial charge in [-0.05, 0) is 30.7 Å². The van der Waals surface area contributed by atoms with Crippen LogP contribution in [-0.2, 0) is 4.79 Å². The molecule has 2 rings (SSSR count). The van der Waals surface area contributed by atoms with Crippen molar-refractivity contribution < 1.29 is 23.6 Å². The summed E-state index contributed by atoms with van der Waals surface area (Å²) in [5.74, 6) is -1.97. The zero-order valence-corrected chi connectivity index (χ0v) is 11.7. The van der Waals surface area contributed by atoms with Gasteiger partial charge < -0.3 is 20.7 Å². The van der Waals surface area contributed by atoms with Crippen LogP contribution in [0.1, 0.15) is 16.1 Å². The lowest BCUT2D eigenvalue weighted by Gasteiger charge is -2.09. The molecule has 0 aliphatic carbocycles. The van der Waals surface area contributed by atoms with E-state index in [-0.39, 0.29) is 12.1 Å². The van der Waals surface area contributed by atoms with Crippen molar-refractivity contribution in [3.63, 3.8) is 0 Å². The maximum Gasteiger partial charge on any atom is 0.322 e. The highest BCUT2D eigenvalue weighted by Crippen LogP contribution is 2.25. The van der Waals surface area contributed by atoms with Crippen LogP contribution in [0.25, 0.3) is 11.1 Å². The van der Waals surface area contributed by atoms with Crippen molar-refractivity contribution in [2.45, 2.75) is 13.0 Å². The van der Waals surface area contributed by atoms with Crippen LogP contribution < -0.4 is 11.1 Å². The van der Waals surface area contributed by atoms with E-state index in [9.17, 15) is 14.0 Å². The summed E-state index contributed by atoms with van der Waals surface area (Å²) in [6, 6.07) is 2.54. The molecule has 22 heavy (non-hydrogen) atoms. The Morgan fingerprint density at radius 3 is 2.77 bits per heavy atom. The summed E-state index contributed by atoms with van der Waals surface area (Å²) in [7, 11) is 0. The number of halogens is 1. The molecular weight excluding hydrogens is 293 g/mol. The Labute approximate surface area is 124 Å². The minimum atomic E-state index is -1.24. The molecule has 1 atom stereocenters. The number of carboxylic acid groups (broad SMARTS) is 1. The molecule has 0 saturated heterocycles. The summed E-state index contributed by atoms with van der Waals surface area (Å²) in [6.07, 6.45) is 1.42. The number of hydrogen-bond acceptors (Lipinski definition) is 5. The van der Waals surface area contributed by atoms with Gasteiger partial charge in [-0.15, -0.1) is 0 Å². The Bertz CT molecular complexity index is 714. The van der Waals surface area contributed by atoms with E-state index >= 15 is 0 Å². The fourth-order valence-electron chi connectivity index (χ4n) is 1.84. The summed E-state index contributed by atoms with van der Waals surface area (Å²) in [5, 5.41) is 14.6. The SMILES string of the molecule is Cc1oncc1-c1cc(F)cc(C(=O)NC[C@@H](N)C(=O)O)c1. The maximum atomic E-state index is 13.7. The molecule has 2 aromatic rings. The molecule has 1 aromatic heterocycles. The lowest BCUT2D eigenvalue weighted by Crippen LogP contribution is -2.42. The molecule has 0 bridgehead atoms. The van der Waals surface area contributed by atoms with Crippen molar-refractivity contribution in [2.75, 3.05) is 6.54 Å². The minimum Gasteiger partial charge on any atom is -0.480 e. The fraction of sp³-hybridized carbons (Fsp3) is 0.214. The zero-order valence-electron chi connectivity index (χ0n) is 11.7. The van der Waals surface area contributed by atoms with E-state index in [0.717, 1.165) is 6.07 Å². The van der Waals surface area contributed by atoms with Crippen LogP contribution in [0.5, 0.6) is 0 Å². The Morgan fingerprint density at radius 2 is 2.18 bits per heavy atom. The van der Waals surface area contributed by atoms with Gasteiger partial charge in [-0.2, -0.15) is 0 Å². The van der Waals surface area contributed by atoms with E-state index in [4.69, 9.17) is 15.4 Å². The van der Waals surface area contributed by atoms with Crippen molar-refractivity contribution in [1.29, 1.82) is 0 Å². The third kappa shape index (κ3) is 3.47. The van der Waals surface area contributed by atoms with Gasteiger partial charge >= 0.3 is 5.97 Å². The van der Waals surface area contributed by atoms with Crippen LogP contribution in [0.4, 0.5) is 4.39 Å². The second-order valence-corrected chi connectivity index (χ2v) is 4.68. The fourth-order valence-corrected chi connectivity index (χ4v) is 1.84. The number of aromatic nitrogens is 1. The molecule has 8 heteroatoms. The molecule has 1 amide bonds. The third-order valence-electron chi connectivity index (χ3n) is 3.02. The summed E-state index contributed by atoms with van der Waals surface area (Å²) < 4.78 is 18.6. The number of nitrogens with two attached hydrogens (primary N) is 1. The van der Waals surface area contributed by atoms with E-state index < -0.39 is 23.7 Å². The number of rotatable bonds is 5. The Balaban J connectivity index is 2.21. The highest BCUT2D eigenvalue weighted by atomic mass is 19.1. The number of nitrogens with zero attached hydrogens (tertiary/aromatic N) is 1. The van der Waals surface area contributed by atoms with Gasteiger partial charge in [-0.1, -0.05) is 5.16 Å². The predicted octanol–water partition coefficient (Wildman–Crippen LogP) is 0.931. The third-order valence-corrected chi connectivity index (χ3v) is 3.02. The summed E-state index contributed by atoms with van der Waals surface area (Å²) in [4.78, 5) is 22.6. The zero-order chi connectivity index (χ0) is 16.3. The molecule has 0 unspecified atom stereocenters. The maximum absolute atomic E-state index is 13.7. The lowest BCUT2D eigenvalue weighted by molar-refractivity contribution is -0.138. The van der Waals surface area contributed by atoms with Gasteiger partial charge in [0.15, 0.2) is 0 Å². The molecule has 0 aliphatic rings. The van der Waals surface area contributed by atoms with E-state index in [2.05, 4.69) is 10.5 Å². The molecule has 0 fully saturated rings. The number of nitrogens with one attached hydrogen (secondary N) is 1. The van der Waals surface area contributed by atoms with Crippen LogP contribution in [-0.4, -0.2) is 34.7 Å². The van der Waals surface area contributed by atoms with Crippen molar-refractivity contribution in [3.8, 4) is 11.1 Å². The monoisotopic (exact) mass is 307 g/mol. The molecule has 116 valence electrons. The first kappa shape index (κ1) is 15.6. The van der Waals surface area contributed by atoms with Gasteiger partial charge in [0.05, 0.1) is 6.20 Å². The molecular formula is C14H14FN3O4. The Kier molecular flexibility index (Phi) is 4.52. The quantitative estimate of drug-likeness (QED) is 0.756. The van der Waals surface area contributed by atoms with Crippen molar-refractivity contribution in [2.24, 2.45) is 5.73 Å². The molecule has 0 saturated carbocycles. The largest absolute Gasteiger partial charge is 0.480 e. The van der Waals surface area contributed by atoms with Crippen molar-refractivity contribution >= 4 is 11.9 Å². The number of carbonyl (C=O) groups is 2. The van der Waals surface area contributed by atoms with E-state index in [1.807, 2.05) is 0 Å². The van der Waals surface area contributed by atoms with Crippen LogP contribution in [0, 0.1) is 12.7 Å². The Hall–Kier alpha value is -2.74. The smallest absolute Gasteiger partial charge is 0.322 e. The van der Waals surface area contributed by atoms with Gasteiger partial charge in [0.25, 0.3) is 5.91 Å². The van der Waals surface area contributed by atoms with E-state index in [1.54, 1.807) is 6.92 Å². The number of aliphatic carboxylic acids is 1. The number of aryl methyl sites for hydroxylation is 1. The number of carbonyl (C=O) groups excluding carboxylic acids is 1. The predicted molar refractivity (Wildman–Crippen MR) is 74.6 cm³/mol. The molecule has 7 nitrogen and oxygen atoms in total. The van der Waals surface area contributed by atoms with Crippen LogP contribution in [0.2, 0.25) is 0 Å². The lowest BCUT2D eigenvalue weighted by atomic mass is 10.0. The first-order valence-corrected chi connectivity index (χ1v) is 6.37. The average molecular weight is 307 g/mol. The van der Waals surface area contributed by atoms with Crippen molar-refractivity contribution in [3.05, 3.63) is 41.5 Å². The van der Waals surface area contributed by atoms with Crippen molar-refractivity contribution in [1.82, 2.24) is 10.5 Å². The first-order chi connectivity index (χ1) is 10.4. The molecule has 0 aliphatic heterocycles. The molecule has 1 aromatic carbocycles. The number of carboxylic acids is 1. The van der Waals surface area contributed by atoms with E-state index in [0.29, 0.717) is 16.9 Å². The minimum absolute atomic E-state index is 0.0492. The number of amides is 1. The number of hydrogen-bond donors (Lipinski definition) is 3. The second-order valence-electron chi connectivity index (χ2n) is 4.68. The highest BCUT2D eigenvalue weighted by Gasteiger charge is 2.16. The summed E-state index contributed by atoms with van der Waals surface area (Å²) in [5.41, 5.74) is 6.34. The normalized spacial score (nSPS) is 12.0. The average Bonchev–Trinajstić information content (AvgIpc) is 2.89. The topological polar surface area (TPSA) is 118 Å². The van der Waals surface area contributed by atoms with Crippen LogP contribution in [0.3, 0.4) is 0 Å².